The Balaban J connectivity index is 1.81. The average Bonchev–Trinajstić information content (AvgIpc) is 3.15. The topological polar surface area (TPSA) is 72.6 Å². The zero-order valence-electron chi connectivity index (χ0n) is 11.6. The molecular formula is C16H17NO4. The highest BCUT2D eigenvalue weighted by Crippen LogP contribution is 2.25. The van der Waals surface area contributed by atoms with Gasteiger partial charge in [-0.2, -0.15) is 0 Å². The number of carboxylic acids is 1. The number of aromatic nitrogens is 1. The van der Waals surface area contributed by atoms with Crippen LogP contribution >= 0.6 is 0 Å². The van der Waals surface area contributed by atoms with Gasteiger partial charge in [0.05, 0.1) is 6.10 Å². The average molecular weight is 287 g/mol. The molecule has 5 nitrogen and oxygen atoms in total. The normalized spacial score (nSPS) is 18.0. The summed E-state index contributed by atoms with van der Waals surface area (Å²) in [4.78, 5) is 15.4. The number of nitrogens with zero attached hydrogens (tertiary/aromatic N) is 1. The third-order valence-corrected chi connectivity index (χ3v) is 3.64. The Morgan fingerprint density at radius 3 is 2.81 bits per heavy atom. The first-order valence-electron chi connectivity index (χ1n) is 7.14. The van der Waals surface area contributed by atoms with Crippen LogP contribution < -0.4 is 0 Å². The lowest BCUT2D eigenvalue weighted by atomic mass is 10.1. The van der Waals surface area contributed by atoms with Gasteiger partial charge in [0.1, 0.15) is 5.76 Å². The third kappa shape index (κ3) is 3.13. The molecule has 21 heavy (non-hydrogen) atoms. The van der Waals surface area contributed by atoms with Crippen molar-refractivity contribution in [3.8, 4) is 11.5 Å². The van der Waals surface area contributed by atoms with Gasteiger partial charge in [-0.3, -0.25) is 0 Å². The molecule has 5 heteroatoms. The highest BCUT2D eigenvalue weighted by atomic mass is 16.5. The molecule has 0 bridgehead atoms. The number of carbonyl (C=O) groups is 1. The van der Waals surface area contributed by atoms with Crippen LogP contribution in [-0.4, -0.2) is 28.8 Å². The number of oxazole rings is 1. The Hall–Kier alpha value is -2.14. The van der Waals surface area contributed by atoms with E-state index >= 15 is 0 Å². The van der Waals surface area contributed by atoms with Crippen LogP contribution in [0.3, 0.4) is 0 Å². The molecule has 1 unspecified atom stereocenters. The molecule has 1 atom stereocenters. The first kappa shape index (κ1) is 13.8. The number of carboxylic acid groups (broad SMARTS) is 1. The number of aryl methyl sites for hydroxylation is 1. The van der Waals surface area contributed by atoms with Crippen molar-refractivity contribution in [3.05, 3.63) is 41.8 Å². The summed E-state index contributed by atoms with van der Waals surface area (Å²) in [7, 11) is 0. The molecule has 110 valence electrons. The fourth-order valence-electron chi connectivity index (χ4n) is 2.56. The lowest BCUT2D eigenvalue weighted by Crippen LogP contribution is -2.08. The number of ether oxygens (including phenoxy) is 1. The van der Waals surface area contributed by atoms with E-state index in [4.69, 9.17) is 9.15 Å². The molecule has 1 fully saturated rings. The molecule has 1 aromatic carbocycles. The number of aromatic carboxylic acids is 1. The maximum Gasteiger partial charge on any atom is 0.358 e. The van der Waals surface area contributed by atoms with Gasteiger partial charge < -0.3 is 14.3 Å². The summed E-state index contributed by atoms with van der Waals surface area (Å²) >= 11 is 0. The molecule has 2 aromatic rings. The van der Waals surface area contributed by atoms with Gasteiger partial charge in [-0.25, -0.2) is 9.78 Å². The van der Waals surface area contributed by atoms with Gasteiger partial charge >= 0.3 is 5.97 Å². The van der Waals surface area contributed by atoms with E-state index < -0.39 is 5.97 Å². The van der Waals surface area contributed by atoms with E-state index in [1.54, 1.807) is 0 Å². The molecule has 3 rings (SSSR count). The monoisotopic (exact) mass is 287 g/mol. The quantitative estimate of drug-likeness (QED) is 0.914. The second-order valence-electron chi connectivity index (χ2n) is 5.14. The SMILES string of the molecule is O=C(O)c1nc(-c2ccccc2)oc1CCC1CCCO1. The molecule has 1 aliphatic rings. The van der Waals surface area contributed by atoms with E-state index in [-0.39, 0.29) is 11.8 Å². The summed E-state index contributed by atoms with van der Waals surface area (Å²) in [5, 5.41) is 9.26. The van der Waals surface area contributed by atoms with Crippen molar-refractivity contribution in [1.29, 1.82) is 0 Å². The minimum Gasteiger partial charge on any atom is -0.476 e. The van der Waals surface area contributed by atoms with Crippen LogP contribution in [0.4, 0.5) is 0 Å². The molecule has 0 amide bonds. The molecule has 1 N–H and O–H groups in total. The van der Waals surface area contributed by atoms with Gasteiger partial charge in [-0.05, 0) is 31.4 Å². The molecule has 0 spiro atoms. The molecule has 0 aliphatic carbocycles. The first-order chi connectivity index (χ1) is 10.2. The van der Waals surface area contributed by atoms with Crippen LogP contribution in [0.2, 0.25) is 0 Å². The fraction of sp³-hybridized carbons (Fsp3) is 0.375. The number of hydrogen-bond donors (Lipinski definition) is 1. The van der Waals surface area contributed by atoms with E-state index in [0.717, 1.165) is 31.4 Å². The van der Waals surface area contributed by atoms with Crippen LogP contribution in [0, 0.1) is 0 Å². The summed E-state index contributed by atoms with van der Waals surface area (Å²) in [6.07, 6.45) is 3.61. The van der Waals surface area contributed by atoms with E-state index in [1.165, 1.54) is 0 Å². The molecular weight excluding hydrogens is 270 g/mol. The van der Waals surface area contributed by atoms with Crippen LogP contribution in [0.15, 0.2) is 34.7 Å². The Kier molecular flexibility index (Phi) is 4.01. The summed E-state index contributed by atoms with van der Waals surface area (Å²) < 4.78 is 11.2. The summed E-state index contributed by atoms with van der Waals surface area (Å²) in [6.45, 7) is 0.794. The van der Waals surface area contributed by atoms with Gasteiger partial charge in [-0.1, -0.05) is 18.2 Å². The zero-order valence-corrected chi connectivity index (χ0v) is 11.6. The predicted molar refractivity (Wildman–Crippen MR) is 76.2 cm³/mol. The van der Waals surface area contributed by atoms with Crippen molar-refractivity contribution in [2.24, 2.45) is 0 Å². The molecule has 0 saturated carbocycles. The van der Waals surface area contributed by atoms with Crippen molar-refractivity contribution < 1.29 is 19.1 Å². The van der Waals surface area contributed by atoms with Gasteiger partial charge in [0.15, 0.2) is 5.69 Å². The van der Waals surface area contributed by atoms with E-state index in [2.05, 4.69) is 4.98 Å². The Bertz CT molecular complexity index is 614. The Morgan fingerprint density at radius 1 is 1.33 bits per heavy atom. The lowest BCUT2D eigenvalue weighted by molar-refractivity contribution is 0.0687. The minimum absolute atomic E-state index is 0.00634. The number of hydrogen-bond acceptors (Lipinski definition) is 4. The smallest absolute Gasteiger partial charge is 0.358 e. The Morgan fingerprint density at radius 2 is 2.14 bits per heavy atom. The fourth-order valence-corrected chi connectivity index (χ4v) is 2.56. The molecule has 2 heterocycles. The number of rotatable bonds is 5. The number of benzene rings is 1. The van der Waals surface area contributed by atoms with Crippen molar-refractivity contribution >= 4 is 5.97 Å². The predicted octanol–water partition coefficient (Wildman–Crippen LogP) is 3.15. The second kappa shape index (κ2) is 6.10. The van der Waals surface area contributed by atoms with Crippen LogP contribution in [0.25, 0.3) is 11.5 Å². The zero-order chi connectivity index (χ0) is 14.7. The lowest BCUT2D eigenvalue weighted by Gasteiger charge is -2.07. The highest BCUT2D eigenvalue weighted by molar-refractivity contribution is 5.87. The van der Waals surface area contributed by atoms with Gasteiger partial charge in [0.25, 0.3) is 0 Å². The van der Waals surface area contributed by atoms with E-state index in [9.17, 15) is 9.90 Å². The standard InChI is InChI=1S/C16H17NO4/c18-16(19)14-13(9-8-12-7-4-10-20-12)21-15(17-14)11-5-2-1-3-6-11/h1-3,5-6,12H,4,7-10H2,(H,18,19). The van der Waals surface area contributed by atoms with Gasteiger partial charge in [-0.15, -0.1) is 0 Å². The molecule has 1 aromatic heterocycles. The largest absolute Gasteiger partial charge is 0.476 e. The molecule has 1 saturated heterocycles. The third-order valence-electron chi connectivity index (χ3n) is 3.64. The second-order valence-corrected chi connectivity index (χ2v) is 5.14. The van der Waals surface area contributed by atoms with Crippen molar-refractivity contribution in [2.75, 3.05) is 6.61 Å². The van der Waals surface area contributed by atoms with Crippen molar-refractivity contribution in [3.63, 3.8) is 0 Å². The van der Waals surface area contributed by atoms with Crippen molar-refractivity contribution in [2.45, 2.75) is 31.8 Å². The van der Waals surface area contributed by atoms with E-state index in [1.807, 2.05) is 30.3 Å². The van der Waals surface area contributed by atoms with Crippen LogP contribution in [0.5, 0.6) is 0 Å². The van der Waals surface area contributed by atoms with Crippen LogP contribution in [-0.2, 0) is 11.2 Å². The maximum absolute atomic E-state index is 11.3. The first-order valence-corrected chi connectivity index (χ1v) is 7.14. The van der Waals surface area contributed by atoms with Gasteiger partial charge in [0.2, 0.25) is 5.89 Å². The van der Waals surface area contributed by atoms with Crippen molar-refractivity contribution in [1.82, 2.24) is 4.98 Å². The summed E-state index contributed by atoms with van der Waals surface area (Å²) in [6, 6.07) is 9.32. The summed E-state index contributed by atoms with van der Waals surface area (Å²) in [5.41, 5.74) is 0.787. The molecule has 0 radical (unpaired) electrons. The highest BCUT2D eigenvalue weighted by Gasteiger charge is 2.22. The minimum atomic E-state index is -1.05. The van der Waals surface area contributed by atoms with Gasteiger partial charge in [0, 0.05) is 18.6 Å². The van der Waals surface area contributed by atoms with Crippen LogP contribution in [0.1, 0.15) is 35.5 Å². The van der Waals surface area contributed by atoms with E-state index in [0.29, 0.717) is 18.1 Å². The maximum atomic E-state index is 11.3. The Labute approximate surface area is 122 Å². The summed E-state index contributed by atoms with van der Waals surface area (Å²) in [5.74, 6) is -0.268. The molecule has 1 aliphatic heterocycles.